The summed E-state index contributed by atoms with van der Waals surface area (Å²) in [5.41, 5.74) is 0. The van der Waals surface area contributed by atoms with Crippen LogP contribution >= 0.6 is 0 Å². The Hall–Kier alpha value is -0.570. The number of piperidine rings is 2. The van der Waals surface area contributed by atoms with E-state index in [1.165, 1.54) is 51.7 Å². The first-order valence-corrected chi connectivity index (χ1v) is 9.46. The van der Waals surface area contributed by atoms with Crippen LogP contribution in [0.5, 0.6) is 0 Å². The standard InChI is InChI=1S/C19H36N2O/c1-15(2)13-17-5-9-20(10-6-17)14-18-7-11-21(12-8-18)19(22)16(3)4/h15-18H,5-14H2,1-4H3. The minimum absolute atomic E-state index is 0.150. The molecule has 2 aliphatic rings. The Morgan fingerprint density at radius 2 is 1.45 bits per heavy atom. The third-order valence-corrected chi connectivity index (χ3v) is 5.45. The molecule has 0 saturated carbocycles. The van der Waals surface area contributed by atoms with Gasteiger partial charge in [0, 0.05) is 25.6 Å². The molecule has 0 aliphatic carbocycles. The lowest BCUT2D eigenvalue weighted by atomic mass is 9.87. The van der Waals surface area contributed by atoms with Gasteiger partial charge in [-0.2, -0.15) is 0 Å². The summed E-state index contributed by atoms with van der Waals surface area (Å²) in [6.45, 7) is 14.5. The highest BCUT2D eigenvalue weighted by molar-refractivity contribution is 5.78. The first kappa shape index (κ1) is 17.8. The highest BCUT2D eigenvalue weighted by atomic mass is 16.2. The molecular formula is C19H36N2O. The molecule has 2 aliphatic heterocycles. The van der Waals surface area contributed by atoms with Gasteiger partial charge in [0.2, 0.25) is 5.91 Å². The van der Waals surface area contributed by atoms with Crippen molar-refractivity contribution in [2.24, 2.45) is 23.7 Å². The second-order valence-corrected chi connectivity index (χ2v) is 8.30. The van der Waals surface area contributed by atoms with E-state index < -0.39 is 0 Å². The minimum atomic E-state index is 0.150. The van der Waals surface area contributed by atoms with Crippen molar-refractivity contribution < 1.29 is 4.79 Å². The van der Waals surface area contributed by atoms with Crippen molar-refractivity contribution in [2.45, 2.75) is 59.8 Å². The predicted molar refractivity (Wildman–Crippen MR) is 92.8 cm³/mol. The molecule has 22 heavy (non-hydrogen) atoms. The molecule has 2 rings (SSSR count). The number of hydrogen-bond donors (Lipinski definition) is 0. The molecule has 3 nitrogen and oxygen atoms in total. The summed E-state index contributed by atoms with van der Waals surface area (Å²) < 4.78 is 0. The van der Waals surface area contributed by atoms with Crippen LogP contribution in [-0.2, 0) is 4.79 Å². The maximum Gasteiger partial charge on any atom is 0.225 e. The average molecular weight is 309 g/mol. The normalized spacial score (nSPS) is 22.7. The molecule has 2 heterocycles. The Kier molecular flexibility index (Phi) is 6.73. The van der Waals surface area contributed by atoms with E-state index in [4.69, 9.17) is 0 Å². The zero-order chi connectivity index (χ0) is 16.1. The summed E-state index contributed by atoms with van der Waals surface area (Å²) in [6.07, 6.45) is 6.59. The molecule has 0 spiro atoms. The van der Waals surface area contributed by atoms with E-state index in [-0.39, 0.29) is 5.92 Å². The van der Waals surface area contributed by atoms with Crippen molar-refractivity contribution in [3.8, 4) is 0 Å². The summed E-state index contributed by atoms with van der Waals surface area (Å²) in [5, 5.41) is 0. The average Bonchev–Trinajstić information content (AvgIpc) is 2.49. The summed E-state index contributed by atoms with van der Waals surface area (Å²) >= 11 is 0. The number of amides is 1. The van der Waals surface area contributed by atoms with Gasteiger partial charge in [0.15, 0.2) is 0 Å². The van der Waals surface area contributed by atoms with Gasteiger partial charge in [-0.25, -0.2) is 0 Å². The van der Waals surface area contributed by atoms with E-state index in [2.05, 4.69) is 23.6 Å². The van der Waals surface area contributed by atoms with Gasteiger partial charge in [0.05, 0.1) is 0 Å². The van der Waals surface area contributed by atoms with Crippen LogP contribution in [-0.4, -0.2) is 48.4 Å². The lowest BCUT2D eigenvalue weighted by Crippen LogP contribution is -2.44. The maximum absolute atomic E-state index is 12.0. The first-order valence-electron chi connectivity index (χ1n) is 9.46. The molecule has 128 valence electrons. The predicted octanol–water partition coefficient (Wildman–Crippen LogP) is 3.64. The van der Waals surface area contributed by atoms with Crippen LogP contribution < -0.4 is 0 Å². The lowest BCUT2D eigenvalue weighted by Gasteiger charge is -2.38. The van der Waals surface area contributed by atoms with Crippen LogP contribution in [0.1, 0.15) is 59.8 Å². The van der Waals surface area contributed by atoms with Gasteiger partial charge < -0.3 is 9.80 Å². The van der Waals surface area contributed by atoms with E-state index in [1.54, 1.807) is 0 Å². The van der Waals surface area contributed by atoms with E-state index in [0.29, 0.717) is 5.91 Å². The third kappa shape index (κ3) is 5.26. The Bertz CT molecular complexity index is 337. The quantitative estimate of drug-likeness (QED) is 0.774. The summed E-state index contributed by atoms with van der Waals surface area (Å²) in [5.74, 6) is 3.10. The number of likely N-dealkylation sites (tertiary alicyclic amines) is 2. The van der Waals surface area contributed by atoms with E-state index in [9.17, 15) is 4.79 Å². The van der Waals surface area contributed by atoms with Gasteiger partial charge in [0.1, 0.15) is 0 Å². The largest absolute Gasteiger partial charge is 0.342 e. The van der Waals surface area contributed by atoms with Gasteiger partial charge in [-0.3, -0.25) is 4.79 Å². The van der Waals surface area contributed by atoms with Gasteiger partial charge in [0.25, 0.3) is 0 Å². The molecule has 0 aromatic rings. The summed E-state index contributed by atoms with van der Waals surface area (Å²) in [6, 6.07) is 0. The summed E-state index contributed by atoms with van der Waals surface area (Å²) in [4.78, 5) is 16.8. The Morgan fingerprint density at radius 1 is 0.909 bits per heavy atom. The van der Waals surface area contributed by atoms with Gasteiger partial charge in [-0.05, 0) is 62.9 Å². The zero-order valence-electron chi connectivity index (χ0n) is 15.2. The van der Waals surface area contributed by atoms with Crippen LogP contribution in [0.3, 0.4) is 0 Å². The van der Waals surface area contributed by atoms with Crippen LogP contribution in [0.15, 0.2) is 0 Å². The molecule has 2 fully saturated rings. The maximum atomic E-state index is 12.0. The van der Waals surface area contributed by atoms with Crippen molar-refractivity contribution in [1.82, 2.24) is 9.80 Å². The zero-order valence-corrected chi connectivity index (χ0v) is 15.2. The molecule has 3 heteroatoms. The van der Waals surface area contributed by atoms with Crippen molar-refractivity contribution in [3.05, 3.63) is 0 Å². The lowest BCUT2D eigenvalue weighted by molar-refractivity contribution is -0.135. The van der Waals surface area contributed by atoms with E-state index in [1.807, 2.05) is 13.8 Å². The number of carbonyl (C=O) groups excluding carboxylic acids is 1. The second-order valence-electron chi connectivity index (χ2n) is 8.30. The second kappa shape index (κ2) is 8.33. The van der Waals surface area contributed by atoms with Gasteiger partial charge in [-0.15, -0.1) is 0 Å². The molecule has 1 amide bonds. The highest BCUT2D eigenvalue weighted by Gasteiger charge is 2.27. The monoisotopic (exact) mass is 308 g/mol. The topological polar surface area (TPSA) is 23.6 Å². The highest BCUT2D eigenvalue weighted by Crippen LogP contribution is 2.26. The van der Waals surface area contributed by atoms with Crippen molar-refractivity contribution in [1.29, 1.82) is 0 Å². The fraction of sp³-hybridized carbons (Fsp3) is 0.947. The number of rotatable bonds is 5. The molecule has 0 radical (unpaired) electrons. The number of hydrogen-bond acceptors (Lipinski definition) is 2. The van der Waals surface area contributed by atoms with E-state index >= 15 is 0 Å². The van der Waals surface area contributed by atoms with Crippen molar-refractivity contribution in [3.63, 3.8) is 0 Å². The molecule has 0 aromatic carbocycles. The van der Waals surface area contributed by atoms with Crippen molar-refractivity contribution in [2.75, 3.05) is 32.7 Å². The van der Waals surface area contributed by atoms with Gasteiger partial charge >= 0.3 is 0 Å². The summed E-state index contributed by atoms with van der Waals surface area (Å²) in [7, 11) is 0. The molecule has 0 N–H and O–H groups in total. The molecule has 0 bridgehead atoms. The van der Waals surface area contributed by atoms with E-state index in [0.717, 1.165) is 30.8 Å². The molecule has 0 atom stereocenters. The smallest absolute Gasteiger partial charge is 0.225 e. The van der Waals surface area contributed by atoms with Crippen molar-refractivity contribution >= 4 is 5.91 Å². The first-order chi connectivity index (χ1) is 10.5. The number of carbonyl (C=O) groups is 1. The Labute approximate surface area is 137 Å². The minimum Gasteiger partial charge on any atom is -0.342 e. The molecular weight excluding hydrogens is 272 g/mol. The number of nitrogens with zero attached hydrogens (tertiary/aromatic N) is 2. The molecule has 0 aromatic heterocycles. The molecule has 0 unspecified atom stereocenters. The Balaban J connectivity index is 1.66. The molecule has 2 saturated heterocycles. The van der Waals surface area contributed by atoms with Crippen LogP contribution in [0.2, 0.25) is 0 Å². The van der Waals surface area contributed by atoms with Crippen LogP contribution in [0, 0.1) is 23.7 Å². The van der Waals surface area contributed by atoms with Gasteiger partial charge in [-0.1, -0.05) is 27.7 Å². The van der Waals surface area contributed by atoms with Crippen LogP contribution in [0.25, 0.3) is 0 Å². The Morgan fingerprint density at radius 3 is 1.95 bits per heavy atom. The fourth-order valence-electron chi connectivity index (χ4n) is 4.14. The third-order valence-electron chi connectivity index (χ3n) is 5.45. The SMILES string of the molecule is CC(C)CC1CCN(CC2CCN(C(=O)C(C)C)CC2)CC1. The fourth-order valence-corrected chi connectivity index (χ4v) is 4.14. The van der Waals surface area contributed by atoms with Crippen LogP contribution in [0.4, 0.5) is 0 Å².